The molecule has 0 aromatic heterocycles. The van der Waals surface area contributed by atoms with Gasteiger partial charge in [-0.05, 0) is 51.5 Å². The smallest absolute Gasteiger partial charge is 0.216 e. The molecular weight excluding hydrogens is 248 g/mol. The summed E-state index contributed by atoms with van der Waals surface area (Å²) >= 11 is 0. The lowest BCUT2D eigenvalue weighted by molar-refractivity contribution is 0.224. The third kappa shape index (κ3) is 3.25. The van der Waals surface area contributed by atoms with Crippen LogP contribution in [-0.2, 0) is 10.0 Å². The highest BCUT2D eigenvalue weighted by Gasteiger charge is 2.42. The van der Waals surface area contributed by atoms with Gasteiger partial charge in [0.15, 0.2) is 0 Å². The molecule has 0 aromatic rings. The molecule has 1 N–H and O–H groups in total. The molecule has 5 heteroatoms. The van der Waals surface area contributed by atoms with Gasteiger partial charge in [0, 0.05) is 19.1 Å². The van der Waals surface area contributed by atoms with E-state index in [1.165, 1.54) is 0 Å². The highest BCUT2D eigenvalue weighted by molar-refractivity contribution is 7.90. The molecule has 1 saturated heterocycles. The third-order valence-corrected chi connectivity index (χ3v) is 6.51. The lowest BCUT2D eigenvalue weighted by Crippen LogP contribution is -2.47. The number of piperidine rings is 1. The fourth-order valence-electron chi connectivity index (χ4n) is 2.73. The summed E-state index contributed by atoms with van der Waals surface area (Å²) in [5, 5.41) is 3.44. The first-order chi connectivity index (χ1) is 8.55. The standard InChI is InChI=1S/C13H26N2O2S/c1-3-8-14-11(2)12-5-4-9-15(10-12)18(16,17)13-6-7-13/h11-14H,3-10H2,1-2H3. The predicted octanol–water partition coefficient (Wildman–Crippen LogP) is 1.58. The molecular formula is C13H26N2O2S. The first kappa shape index (κ1) is 14.3. The Labute approximate surface area is 111 Å². The van der Waals surface area contributed by atoms with Crippen LogP contribution in [0.15, 0.2) is 0 Å². The van der Waals surface area contributed by atoms with E-state index in [2.05, 4.69) is 19.2 Å². The first-order valence-electron chi connectivity index (χ1n) is 7.28. The van der Waals surface area contributed by atoms with Gasteiger partial charge in [0.25, 0.3) is 0 Å². The largest absolute Gasteiger partial charge is 0.314 e. The van der Waals surface area contributed by atoms with Crippen LogP contribution >= 0.6 is 0 Å². The molecule has 106 valence electrons. The van der Waals surface area contributed by atoms with Crippen molar-refractivity contribution in [1.82, 2.24) is 9.62 Å². The number of rotatable bonds is 6. The Morgan fingerprint density at radius 3 is 2.67 bits per heavy atom. The van der Waals surface area contributed by atoms with E-state index in [-0.39, 0.29) is 5.25 Å². The molecule has 1 aliphatic carbocycles. The molecule has 0 amide bonds. The van der Waals surface area contributed by atoms with Gasteiger partial charge in [-0.25, -0.2) is 12.7 Å². The summed E-state index contributed by atoms with van der Waals surface area (Å²) in [6.07, 6.45) is 5.02. The van der Waals surface area contributed by atoms with Gasteiger partial charge in [0.1, 0.15) is 0 Å². The van der Waals surface area contributed by atoms with Crippen LogP contribution in [0.5, 0.6) is 0 Å². The molecule has 2 aliphatic rings. The number of hydrogen-bond donors (Lipinski definition) is 1. The number of nitrogens with one attached hydrogen (secondary N) is 1. The molecule has 1 saturated carbocycles. The summed E-state index contributed by atoms with van der Waals surface area (Å²) in [5.74, 6) is 0.471. The molecule has 2 unspecified atom stereocenters. The summed E-state index contributed by atoms with van der Waals surface area (Å²) in [6.45, 7) is 6.82. The minimum Gasteiger partial charge on any atom is -0.314 e. The third-order valence-electron chi connectivity index (χ3n) is 4.15. The first-order valence-corrected chi connectivity index (χ1v) is 8.78. The van der Waals surface area contributed by atoms with Gasteiger partial charge < -0.3 is 5.32 Å². The minimum absolute atomic E-state index is 0.0600. The Hall–Kier alpha value is -0.130. The molecule has 1 heterocycles. The molecule has 2 atom stereocenters. The molecule has 18 heavy (non-hydrogen) atoms. The highest BCUT2D eigenvalue weighted by atomic mass is 32.2. The van der Waals surface area contributed by atoms with E-state index in [1.807, 2.05) is 0 Å². The Bertz CT molecular complexity index is 365. The number of sulfonamides is 1. The predicted molar refractivity (Wildman–Crippen MR) is 74.0 cm³/mol. The molecule has 1 aliphatic heterocycles. The van der Waals surface area contributed by atoms with Gasteiger partial charge in [-0.2, -0.15) is 0 Å². The van der Waals surface area contributed by atoms with E-state index in [9.17, 15) is 8.42 Å². The average molecular weight is 274 g/mol. The van der Waals surface area contributed by atoms with Gasteiger partial charge in [-0.3, -0.25) is 0 Å². The van der Waals surface area contributed by atoms with Gasteiger partial charge in [-0.15, -0.1) is 0 Å². The number of nitrogens with zero attached hydrogens (tertiary/aromatic N) is 1. The quantitative estimate of drug-likeness (QED) is 0.800. The Morgan fingerprint density at radius 2 is 2.06 bits per heavy atom. The Kier molecular flexibility index (Phi) is 4.67. The maximum absolute atomic E-state index is 12.2. The molecule has 0 aromatic carbocycles. The van der Waals surface area contributed by atoms with Crippen molar-refractivity contribution in [2.75, 3.05) is 19.6 Å². The zero-order chi connectivity index (χ0) is 13.2. The fraction of sp³-hybridized carbons (Fsp3) is 1.00. The van der Waals surface area contributed by atoms with E-state index < -0.39 is 10.0 Å². The van der Waals surface area contributed by atoms with E-state index in [0.29, 0.717) is 12.0 Å². The summed E-state index contributed by atoms with van der Waals surface area (Å²) in [6, 6.07) is 0.419. The van der Waals surface area contributed by atoms with E-state index in [0.717, 1.165) is 51.7 Å². The normalized spacial score (nSPS) is 28.2. The Balaban J connectivity index is 1.91. The van der Waals surface area contributed by atoms with Crippen LogP contribution in [0, 0.1) is 5.92 Å². The van der Waals surface area contributed by atoms with E-state index >= 15 is 0 Å². The molecule has 4 nitrogen and oxygen atoms in total. The van der Waals surface area contributed by atoms with Crippen molar-refractivity contribution in [2.24, 2.45) is 5.92 Å². The van der Waals surface area contributed by atoms with Crippen molar-refractivity contribution in [1.29, 1.82) is 0 Å². The second kappa shape index (κ2) is 5.88. The topological polar surface area (TPSA) is 49.4 Å². The fourth-order valence-corrected chi connectivity index (χ4v) is 4.66. The van der Waals surface area contributed by atoms with Gasteiger partial charge in [0.2, 0.25) is 10.0 Å². The Morgan fingerprint density at radius 1 is 1.33 bits per heavy atom. The second-order valence-electron chi connectivity index (χ2n) is 5.75. The van der Waals surface area contributed by atoms with E-state index in [4.69, 9.17) is 0 Å². The molecule has 0 radical (unpaired) electrons. The van der Waals surface area contributed by atoms with E-state index in [1.54, 1.807) is 4.31 Å². The second-order valence-corrected chi connectivity index (χ2v) is 7.96. The zero-order valence-corrected chi connectivity index (χ0v) is 12.4. The molecule has 0 bridgehead atoms. The van der Waals surface area contributed by atoms with Crippen molar-refractivity contribution in [3.63, 3.8) is 0 Å². The van der Waals surface area contributed by atoms with Crippen LogP contribution in [0.3, 0.4) is 0 Å². The van der Waals surface area contributed by atoms with Gasteiger partial charge in [-0.1, -0.05) is 6.92 Å². The van der Waals surface area contributed by atoms with Crippen LogP contribution in [0.4, 0.5) is 0 Å². The van der Waals surface area contributed by atoms with Crippen molar-refractivity contribution < 1.29 is 8.42 Å². The highest BCUT2D eigenvalue weighted by Crippen LogP contribution is 2.33. The average Bonchev–Trinajstić information content (AvgIpc) is 3.20. The van der Waals surface area contributed by atoms with Crippen LogP contribution in [-0.4, -0.2) is 43.6 Å². The molecule has 2 rings (SSSR count). The zero-order valence-electron chi connectivity index (χ0n) is 11.6. The lowest BCUT2D eigenvalue weighted by atomic mass is 9.93. The molecule has 2 fully saturated rings. The van der Waals surface area contributed by atoms with Crippen LogP contribution in [0.1, 0.15) is 46.0 Å². The van der Waals surface area contributed by atoms with Gasteiger partial charge in [0.05, 0.1) is 5.25 Å². The van der Waals surface area contributed by atoms with Crippen molar-refractivity contribution in [3.8, 4) is 0 Å². The molecule has 0 spiro atoms. The van der Waals surface area contributed by atoms with Crippen molar-refractivity contribution in [3.05, 3.63) is 0 Å². The van der Waals surface area contributed by atoms with Crippen molar-refractivity contribution >= 4 is 10.0 Å². The van der Waals surface area contributed by atoms with Gasteiger partial charge >= 0.3 is 0 Å². The number of hydrogen-bond acceptors (Lipinski definition) is 3. The summed E-state index contributed by atoms with van der Waals surface area (Å²) in [5.41, 5.74) is 0. The van der Waals surface area contributed by atoms with Crippen LogP contribution in [0.2, 0.25) is 0 Å². The van der Waals surface area contributed by atoms with Crippen LogP contribution < -0.4 is 5.32 Å². The SMILES string of the molecule is CCCNC(C)C1CCCN(S(=O)(=O)C2CC2)C1. The maximum Gasteiger partial charge on any atom is 0.216 e. The van der Waals surface area contributed by atoms with Crippen molar-refractivity contribution in [2.45, 2.75) is 57.2 Å². The maximum atomic E-state index is 12.2. The summed E-state index contributed by atoms with van der Waals surface area (Å²) < 4.78 is 26.2. The summed E-state index contributed by atoms with van der Waals surface area (Å²) in [7, 11) is -2.97. The lowest BCUT2D eigenvalue weighted by Gasteiger charge is -2.35. The van der Waals surface area contributed by atoms with Crippen LogP contribution in [0.25, 0.3) is 0 Å². The minimum atomic E-state index is -2.97. The summed E-state index contributed by atoms with van der Waals surface area (Å²) in [4.78, 5) is 0. The monoisotopic (exact) mass is 274 g/mol.